The Kier molecular flexibility index (Phi) is 7.37. The summed E-state index contributed by atoms with van der Waals surface area (Å²) in [5.74, 6) is -0.433. The smallest absolute Gasteiger partial charge is 0.307 e. The molecule has 0 amide bonds. The number of rotatable bonds is 8. The minimum atomic E-state index is -3.76. The Morgan fingerprint density at radius 2 is 1.81 bits per heavy atom. The second kappa shape index (κ2) is 9.30. The lowest BCUT2D eigenvalue weighted by atomic mass is 10.0. The maximum absolute atomic E-state index is 12.7. The fourth-order valence-corrected chi connectivity index (χ4v) is 4.32. The van der Waals surface area contributed by atoms with Gasteiger partial charge in [0.15, 0.2) is 0 Å². The van der Waals surface area contributed by atoms with Gasteiger partial charge in [-0.15, -0.1) is 0 Å². The lowest BCUT2D eigenvalue weighted by molar-refractivity contribution is -0.147. The molecule has 0 fully saturated rings. The van der Waals surface area contributed by atoms with Gasteiger partial charge in [0.2, 0.25) is 10.0 Å². The zero-order valence-electron chi connectivity index (χ0n) is 14.7. The molecular formula is C19H22BrNO4S. The van der Waals surface area contributed by atoms with Crippen LogP contribution in [-0.4, -0.2) is 26.5 Å². The van der Waals surface area contributed by atoms with Gasteiger partial charge in [-0.2, -0.15) is 0 Å². The summed E-state index contributed by atoms with van der Waals surface area (Å²) in [7, 11) is -3.76. The topological polar surface area (TPSA) is 72.5 Å². The fraction of sp³-hybridized carbons (Fsp3) is 0.316. The van der Waals surface area contributed by atoms with Crippen LogP contribution >= 0.6 is 15.9 Å². The molecule has 0 heterocycles. The zero-order valence-corrected chi connectivity index (χ0v) is 17.1. The van der Waals surface area contributed by atoms with Gasteiger partial charge in [0.05, 0.1) is 17.4 Å². The number of esters is 1. The van der Waals surface area contributed by atoms with Crippen molar-refractivity contribution in [3.8, 4) is 0 Å². The van der Waals surface area contributed by atoms with Gasteiger partial charge in [-0.1, -0.05) is 52.3 Å². The molecule has 0 radical (unpaired) electrons. The lowest BCUT2D eigenvalue weighted by Gasteiger charge is -2.19. The number of hydrogen-bond acceptors (Lipinski definition) is 4. The van der Waals surface area contributed by atoms with Gasteiger partial charge in [-0.05, 0) is 44.0 Å². The molecule has 2 rings (SSSR count). The van der Waals surface area contributed by atoms with E-state index in [0.29, 0.717) is 10.9 Å². The molecule has 0 unspecified atom stereocenters. The Morgan fingerprint density at radius 3 is 2.42 bits per heavy atom. The normalized spacial score (nSPS) is 12.8. The predicted molar refractivity (Wildman–Crippen MR) is 104 cm³/mol. The van der Waals surface area contributed by atoms with E-state index in [1.165, 1.54) is 12.1 Å². The number of benzene rings is 2. The van der Waals surface area contributed by atoms with Gasteiger partial charge in [0.25, 0.3) is 0 Å². The molecule has 5 nitrogen and oxygen atoms in total. The third-order valence-electron chi connectivity index (χ3n) is 3.53. The number of sulfonamides is 1. The van der Waals surface area contributed by atoms with E-state index in [0.717, 1.165) is 5.56 Å². The summed E-state index contributed by atoms with van der Waals surface area (Å²) in [5, 5.41) is 0. The quantitative estimate of drug-likeness (QED) is 0.636. The minimum absolute atomic E-state index is 0.0414. The summed E-state index contributed by atoms with van der Waals surface area (Å²) in [6.45, 7) is 3.52. The van der Waals surface area contributed by atoms with Crippen LogP contribution in [0.4, 0.5) is 0 Å². The Balaban J connectivity index is 2.20. The molecule has 0 aliphatic heterocycles. The number of carbonyl (C=O) groups excluding carboxylic acids is 1. The fourth-order valence-electron chi connectivity index (χ4n) is 2.49. The third-order valence-corrected chi connectivity index (χ3v) is 5.54. The molecule has 0 saturated carbocycles. The molecule has 2 aromatic carbocycles. The van der Waals surface area contributed by atoms with E-state index < -0.39 is 22.0 Å². The first kappa shape index (κ1) is 20.6. The largest absolute Gasteiger partial charge is 0.463 e. The van der Waals surface area contributed by atoms with Crippen molar-refractivity contribution in [3.63, 3.8) is 0 Å². The number of hydrogen-bond donors (Lipinski definition) is 1. The van der Waals surface area contributed by atoms with Gasteiger partial charge in [-0.25, -0.2) is 13.1 Å². The lowest BCUT2D eigenvalue weighted by Crippen LogP contribution is -2.38. The molecule has 0 aliphatic carbocycles. The standard InChI is InChI=1S/C19H22BrNO4S/c1-14(2)25-19(22)13-17(11-15-7-4-3-5-8-15)21-26(23,24)18-10-6-9-16(20)12-18/h3-10,12,14,17,21H,11,13H2,1-2H3/t17-/m0/s1. The van der Waals surface area contributed by atoms with Crippen LogP contribution in [0.5, 0.6) is 0 Å². The summed E-state index contributed by atoms with van der Waals surface area (Å²) in [6, 6.07) is 15.3. The minimum Gasteiger partial charge on any atom is -0.463 e. The maximum atomic E-state index is 12.7. The molecule has 2 aromatic rings. The molecule has 1 atom stereocenters. The molecule has 0 spiro atoms. The van der Waals surface area contributed by atoms with Crippen molar-refractivity contribution in [3.05, 3.63) is 64.6 Å². The average molecular weight is 440 g/mol. The van der Waals surface area contributed by atoms with E-state index in [-0.39, 0.29) is 17.4 Å². The second-order valence-corrected chi connectivity index (χ2v) is 8.84. The van der Waals surface area contributed by atoms with E-state index in [9.17, 15) is 13.2 Å². The third kappa shape index (κ3) is 6.55. The number of nitrogens with one attached hydrogen (secondary N) is 1. The Morgan fingerprint density at radius 1 is 1.12 bits per heavy atom. The van der Waals surface area contributed by atoms with Crippen LogP contribution in [-0.2, 0) is 26.0 Å². The number of carbonyl (C=O) groups is 1. The monoisotopic (exact) mass is 439 g/mol. The summed E-state index contributed by atoms with van der Waals surface area (Å²) in [6.07, 6.45) is 0.100. The van der Waals surface area contributed by atoms with E-state index in [4.69, 9.17) is 4.74 Å². The van der Waals surface area contributed by atoms with Crippen molar-refractivity contribution in [2.45, 2.75) is 43.7 Å². The summed E-state index contributed by atoms with van der Waals surface area (Å²) < 4.78 is 33.9. The van der Waals surface area contributed by atoms with Gasteiger partial charge in [0, 0.05) is 10.5 Å². The highest BCUT2D eigenvalue weighted by Crippen LogP contribution is 2.18. The molecule has 1 N–H and O–H groups in total. The van der Waals surface area contributed by atoms with Crippen LogP contribution in [0.1, 0.15) is 25.8 Å². The molecular weight excluding hydrogens is 418 g/mol. The van der Waals surface area contributed by atoms with E-state index >= 15 is 0 Å². The van der Waals surface area contributed by atoms with Crippen LogP contribution in [0.2, 0.25) is 0 Å². The Hall–Kier alpha value is -1.70. The first-order chi connectivity index (χ1) is 12.3. The number of ether oxygens (including phenoxy) is 1. The van der Waals surface area contributed by atoms with Gasteiger partial charge in [0.1, 0.15) is 0 Å². The van der Waals surface area contributed by atoms with Gasteiger partial charge in [-0.3, -0.25) is 4.79 Å². The highest BCUT2D eigenvalue weighted by molar-refractivity contribution is 9.10. The number of halogens is 1. The highest BCUT2D eigenvalue weighted by Gasteiger charge is 2.24. The van der Waals surface area contributed by atoms with Gasteiger partial charge < -0.3 is 4.74 Å². The Bertz CT molecular complexity index is 838. The highest BCUT2D eigenvalue weighted by atomic mass is 79.9. The molecule has 140 valence electrons. The van der Waals surface area contributed by atoms with Crippen LogP contribution in [0.25, 0.3) is 0 Å². The van der Waals surface area contributed by atoms with Crippen molar-refractivity contribution in [2.24, 2.45) is 0 Å². The van der Waals surface area contributed by atoms with Crippen LogP contribution in [0.3, 0.4) is 0 Å². The van der Waals surface area contributed by atoms with E-state index in [2.05, 4.69) is 20.7 Å². The summed E-state index contributed by atoms with van der Waals surface area (Å²) in [5.41, 5.74) is 0.937. The van der Waals surface area contributed by atoms with E-state index in [1.54, 1.807) is 26.0 Å². The van der Waals surface area contributed by atoms with Crippen LogP contribution < -0.4 is 4.72 Å². The average Bonchev–Trinajstić information content (AvgIpc) is 2.54. The summed E-state index contributed by atoms with van der Waals surface area (Å²) >= 11 is 3.28. The molecule has 0 aliphatic rings. The van der Waals surface area contributed by atoms with Gasteiger partial charge >= 0.3 is 5.97 Å². The molecule has 0 bridgehead atoms. The first-order valence-electron chi connectivity index (χ1n) is 8.27. The Labute approximate surface area is 162 Å². The van der Waals surface area contributed by atoms with Crippen molar-refractivity contribution in [1.82, 2.24) is 4.72 Å². The SMILES string of the molecule is CC(C)OC(=O)C[C@H](Cc1ccccc1)NS(=O)(=O)c1cccc(Br)c1. The summed E-state index contributed by atoms with van der Waals surface area (Å²) in [4.78, 5) is 12.2. The molecule has 0 saturated heterocycles. The first-order valence-corrected chi connectivity index (χ1v) is 10.5. The predicted octanol–water partition coefficient (Wildman–Crippen LogP) is 3.68. The van der Waals surface area contributed by atoms with Crippen molar-refractivity contribution in [1.29, 1.82) is 0 Å². The maximum Gasteiger partial charge on any atom is 0.307 e. The molecule has 0 aromatic heterocycles. The molecule has 7 heteroatoms. The molecule has 26 heavy (non-hydrogen) atoms. The van der Waals surface area contributed by atoms with Crippen molar-refractivity contribution in [2.75, 3.05) is 0 Å². The van der Waals surface area contributed by atoms with Crippen LogP contribution in [0, 0.1) is 0 Å². The zero-order chi connectivity index (χ0) is 19.2. The second-order valence-electron chi connectivity index (χ2n) is 6.21. The van der Waals surface area contributed by atoms with Crippen molar-refractivity contribution >= 4 is 31.9 Å². The van der Waals surface area contributed by atoms with Crippen LogP contribution in [0.15, 0.2) is 64.0 Å². The van der Waals surface area contributed by atoms with Crippen molar-refractivity contribution < 1.29 is 17.9 Å². The van der Waals surface area contributed by atoms with E-state index in [1.807, 2.05) is 30.3 Å².